The summed E-state index contributed by atoms with van der Waals surface area (Å²) in [6.07, 6.45) is 1.63. The van der Waals surface area contributed by atoms with Crippen LogP contribution in [0, 0.1) is 0 Å². The third kappa shape index (κ3) is 3.01. The number of rotatable bonds is 4. The topological polar surface area (TPSA) is 40.6 Å². The molecule has 27 heavy (non-hydrogen) atoms. The third-order valence-corrected chi connectivity index (χ3v) is 5.94. The highest BCUT2D eigenvalue weighted by atomic mass is 32.2. The molecule has 2 heterocycles. The van der Waals surface area contributed by atoms with Gasteiger partial charge in [0.25, 0.3) is 11.8 Å². The summed E-state index contributed by atoms with van der Waals surface area (Å²) in [7, 11) is 0. The van der Waals surface area contributed by atoms with Crippen LogP contribution in [0.5, 0.6) is 0 Å². The van der Waals surface area contributed by atoms with Crippen LogP contribution in [0.15, 0.2) is 72.2 Å². The van der Waals surface area contributed by atoms with Crippen molar-refractivity contribution in [3.63, 3.8) is 0 Å². The van der Waals surface area contributed by atoms with Crippen LogP contribution in [-0.4, -0.2) is 27.6 Å². The minimum Gasteiger partial charge on any atom is -0.303 e. The maximum Gasteiger partial charge on any atom is 0.267 e. The maximum atomic E-state index is 13.3. The highest BCUT2D eigenvalue weighted by Gasteiger charge is 2.41. The fourth-order valence-corrected chi connectivity index (χ4v) is 4.60. The van der Waals surface area contributed by atoms with Gasteiger partial charge in [-0.3, -0.25) is 14.5 Å². The van der Waals surface area contributed by atoms with Gasteiger partial charge in [-0.2, -0.15) is 0 Å². The highest BCUT2D eigenvalue weighted by molar-refractivity contribution is 8.26. The molecule has 134 valence electrons. The van der Waals surface area contributed by atoms with Crippen molar-refractivity contribution in [3.8, 4) is 0 Å². The summed E-state index contributed by atoms with van der Waals surface area (Å²) in [6.45, 7) is 4.46. The van der Waals surface area contributed by atoms with E-state index in [0.29, 0.717) is 27.9 Å². The largest absolute Gasteiger partial charge is 0.303 e. The number of benzene rings is 2. The van der Waals surface area contributed by atoms with Gasteiger partial charge in [-0.15, -0.1) is 6.58 Å². The van der Waals surface area contributed by atoms with Crippen LogP contribution in [0.3, 0.4) is 0 Å². The number of hydrogen-bond donors (Lipinski definition) is 0. The molecular formula is C21H16N2O2S2. The first-order valence-electron chi connectivity index (χ1n) is 8.46. The van der Waals surface area contributed by atoms with E-state index in [4.69, 9.17) is 12.2 Å². The molecular weight excluding hydrogens is 376 g/mol. The second kappa shape index (κ2) is 7.13. The van der Waals surface area contributed by atoms with E-state index < -0.39 is 0 Å². The lowest BCUT2D eigenvalue weighted by molar-refractivity contribution is -0.122. The Morgan fingerprint density at radius 3 is 2.41 bits per heavy atom. The van der Waals surface area contributed by atoms with Crippen LogP contribution in [0.2, 0.25) is 0 Å². The van der Waals surface area contributed by atoms with Crippen molar-refractivity contribution in [1.29, 1.82) is 0 Å². The summed E-state index contributed by atoms with van der Waals surface area (Å²) < 4.78 is 0.453. The Morgan fingerprint density at radius 2 is 1.67 bits per heavy atom. The molecule has 4 rings (SSSR count). The number of carbonyl (C=O) groups excluding carboxylic acids is 2. The number of nitrogens with zero attached hydrogens (tertiary/aromatic N) is 2. The molecule has 2 aromatic rings. The van der Waals surface area contributed by atoms with E-state index in [1.165, 1.54) is 16.7 Å². The molecule has 0 N–H and O–H groups in total. The van der Waals surface area contributed by atoms with Crippen molar-refractivity contribution in [2.45, 2.75) is 6.54 Å². The van der Waals surface area contributed by atoms with Crippen LogP contribution >= 0.6 is 24.0 Å². The van der Waals surface area contributed by atoms with Gasteiger partial charge < -0.3 is 4.90 Å². The molecule has 1 saturated heterocycles. The maximum absolute atomic E-state index is 13.3. The van der Waals surface area contributed by atoms with Crippen LogP contribution in [0.25, 0.3) is 5.57 Å². The smallest absolute Gasteiger partial charge is 0.267 e. The third-order valence-electron chi connectivity index (χ3n) is 4.49. The average Bonchev–Trinajstić information content (AvgIpc) is 3.11. The van der Waals surface area contributed by atoms with Gasteiger partial charge in [0, 0.05) is 12.1 Å². The van der Waals surface area contributed by atoms with Gasteiger partial charge in [0.15, 0.2) is 0 Å². The predicted octanol–water partition coefficient (Wildman–Crippen LogP) is 3.99. The van der Waals surface area contributed by atoms with E-state index in [2.05, 4.69) is 6.58 Å². The lowest BCUT2D eigenvalue weighted by Crippen LogP contribution is -2.29. The zero-order valence-corrected chi connectivity index (χ0v) is 16.1. The van der Waals surface area contributed by atoms with Gasteiger partial charge in [-0.1, -0.05) is 78.6 Å². The number of carbonyl (C=O) groups is 2. The van der Waals surface area contributed by atoms with Crippen molar-refractivity contribution in [2.75, 3.05) is 11.4 Å². The summed E-state index contributed by atoms with van der Waals surface area (Å²) in [4.78, 5) is 29.7. The lowest BCUT2D eigenvalue weighted by Gasteiger charge is -2.17. The number of anilines is 1. The molecule has 6 heteroatoms. The minimum absolute atomic E-state index is 0.167. The van der Waals surface area contributed by atoms with Crippen LogP contribution in [0.4, 0.5) is 5.69 Å². The van der Waals surface area contributed by atoms with Crippen molar-refractivity contribution in [2.24, 2.45) is 0 Å². The second-order valence-corrected chi connectivity index (χ2v) is 7.81. The summed E-state index contributed by atoms with van der Waals surface area (Å²) in [6, 6.07) is 17.4. The molecule has 0 saturated carbocycles. The zero-order chi connectivity index (χ0) is 19.0. The molecule has 2 aliphatic heterocycles. The molecule has 0 radical (unpaired) electrons. The fraction of sp³-hybridized carbons (Fsp3) is 0.0952. The predicted molar refractivity (Wildman–Crippen MR) is 113 cm³/mol. The van der Waals surface area contributed by atoms with Gasteiger partial charge >= 0.3 is 0 Å². The quantitative estimate of drug-likeness (QED) is 0.448. The number of hydrogen-bond acceptors (Lipinski definition) is 4. The van der Waals surface area contributed by atoms with E-state index in [1.807, 2.05) is 54.6 Å². The van der Waals surface area contributed by atoms with Crippen LogP contribution in [0.1, 0.15) is 11.1 Å². The molecule has 2 amide bonds. The SMILES string of the molecule is C=CCN1C(=O)/C(=C2/C(=O)N(Cc3ccccc3)c3ccccc32)SC1=S. The number of thiocarbonyl (C=S) groups is 1. The number of fused-ring (bicyclic) bond motifs is 1. The Kier molecular flexibility index (Phi) is 4.68. The Labute approximate surface area is 167 Å². The van der Waals surface area contributed by atoms with Crippen LogP contribution in [-0.2, 0) is 16.1 Å². The Hall–Kier alpha value is -2.70. The highest BCUT2D eigenvalue weighted by Crippen LogP contribution is 2.44. The fourth-order valence-electron chi connectivity index (χ4n) is 3.26. The Bertz CT molecular complexity index is 998. The molecule has 4 nitrogen and oxygen atoms in total. The van der Waals surface area contributed by atoms with Crippen molar-refractivity contribution in [1.82, 2.24) is 4.90 Å². The molecule has 2 aliphatic rings. The van der Waals surface area contributed by atoms with Crippen molar-refractivity contribution >= 4 is 51.4 Å². The Morgan fingerprint density at radius 1 is 0.963 bits per heavy atom. The normalized spacial score (nSPS) is 19.0. The molecule has 0 aliphatic carbocycles. The summed E-state index contributed by atoms with van der Waals surface area (Å²) >= 11 is 6.52. The first-order valence-corrected chi connectivity index (χ1v) is 9.68. The van der Waals surface area contributed by atoms with Crippen molar-refractivity contribution in [3.05, 3.63) is 83.3 Å². The average molecular weight is 393 g/mol. The number of para-hydroxylation sites is 1. The van der Waals surface area contributed by atoms with Gasteiger partial charge in [0.05, 0.1) is 22.7 Å². The number of thioether (sulfide) groups is 1. The second-order valence-electron chi connectivity index (χ2n) is 6.17. The summed E-state index contributed by atoms with van der Waals surface area (Å²) in [5.74, 6) is -0.399. The first-order chi connectivity index (χ1) is 13.1. The van der Waals surface area contributed by atoms with Gasteiger partial charge in [-0.25, -0.2) is 0 Å². The standard InChI is InChI=1S/C21H16N2O2S2/c1-2-12-22-20(25)18(27-21(22)26)17-15-10-6-7-11-16(15)23(19(17)24)13-14-8-4-3-5-9-14/h2-11H,1,12-13H2/b18-17-. The van der Waals surface area contributed by atoms with E-state index in [0.717, 1.165) is 16.8 Å². The van der Waals surface area contributed by atoms with E-state index >= 15 is 0 Å². The van der Waals surface area contributed by atoms with E-state index in [-0.39, 0.29) is 11.8 Å². The molecule has 2 aromatic carbocycles. The monoisotopic (exact) mass is 392 g/mol. The van der Waals surface area contributed by atoms with Gasteiger partial charge in [0.1, 0.15) is 4.32 Å². The minimum atomic E-state index is -0.232. The molecule has 0 unspecified atom stereocenters. The first kappa shape index (κ1) is 17.7. The molecule has 0 spiro atoms. The Balaban J connectivity index is 1.79. The van der Waals surface area contributed by atoms with Crippen molar-refractivity contribution < 1.29 is 9.59 Å². The molecule has 0 bridgehead atoms. The summed E-state index contributed by atoms with van der Waals surface area (Å²) in [5, 5.41) is 0. The van der Waals surface area contributed by atoms with E-state index in [9.17, 15) is 9.59 Å². The lowest BCUT2D eigenvalue weighted by atomic mass is 10.1. The number of amides is 2. The summed E-state index contributed by atoms with van der Waals surface area (Å²) in [5.41, 5.74) is 3.06. The molecule has 0 atom stereocenters. The van der Waals surface area contributed by atoms with Crippen LogP contribution < -0.4 is 4.90 Å². The van der Waals surface area contributed by atoms with Gasteiger partial charge in [-0.05, 0) is 11.6 Å². The molecule has 0 aromatic heterocycles. The molecule has 1 fully saturated rings. The van der Waals surface area contributed by atoms with Gasteiger partial charge in [0.2, 0.25) is 0 Å². The van der Waals surface area contributed by atoms with E-state index in [1.54, 1.807) is 11.0 Å². The zero-order valence-electron chi connectivity index (χ0n) is 14.4.